The normalized spacial score (nSPS) is 23.4. The highest BCUT2D eigenvalue weighted by atomic mass is 19.1. The van der Waals surface area contributed by atoms with Crippen LogP contribution in [0, 0.1) is 11.7 Å². The van der Waals surface area contributed by atoms with E-state index in [9.17, 15) is 4.39 Å². The molecular formula is C16H26FN3. The Morgan fingerprint density at radius 1 is 1.40 bits per heavy atom. The predicted octanol–water partition coefficient (Wildman–Crippen LogP) is 3.34. The van der Waals surface area contributed by atoms with E-state index in [0.717, 1.165) is 13.0 Å². The molecule has 0 amide bonds. The summed E-state index contributed by atoms with van der Waals surface area (Å²) in [5, 5.41) is 3.27. The molecule has 2 unspecified atom stereocenters. The number of hydrogen-bond donors (Lipinski definition) is 1. The van der Waals surface area contributed by atoms with E-state index in [1.165, 1.54) is 6.42 Å². The first-order valence-electron chi connectivity index (χ1n) is 7.62. The van der Waals surface area contributed by atoms with Crippen LogP contribution in [0.25, 0.3) is 0 Å². The molecule has 2 atom stereocenters. The van der Waals surface area contributed by atoms with Crippen LogP contribution in [-0.2, 0) is 6.54 Å². The molecule has 4 heteroatoms. The molecule has 1 aromatic rings. The smallest absolute Gasteiger partial charge is 0.170 e. The van der Waals surface area contributed by atoms with E-state index in [0.29, 0.717) is 35.9 Å². The minimum Gasteiger partial charge on any atom is -0.351 e. The zero-order chi connectivity index (χ0) is 14.7. The molecule has 1 aliphatic heterocycles. The molecule has 0 saturated carbocycles. The maximum atomic E-state index is 14.7. The first kappa shape index (κ1) is 15.2. The van der Waals surface area contributed by atoms with Crippen molar-refractivity contribution in [1.82, 2.24) is 10.3 Å². The fourth-order valence-electron chi connectivity index (χ4n) is 2.71. The summed E-state index contributed by atoms with van der Waals surface area (Å²) in [5.41, 5.74) is 0.703. The molecule has 0 spiro atoms. The monoisotopic (exact) mass is 279 g/mol. The van der Waals surface area contributed by atoms with Crippen LogP contribution in [0.15, 0.2) is 12.3 Å². The van der Waals surface area contributed by atoms with Crippen LogP contribution in [0.4, 0.5) is 10.2 Å². The number of nitrogens with zero attached hydrogens (tertiary/aromatic N) is 2. The highest BCUT2D eigenvalue weighted by Crippen LogP contribution is 2.28. The van der Waals surface area contributed by atoms with Gasteiger partial charge in [-0.3, -0.25) is 0 Å². The van der Waals surface area contributed by atoms with E-state index in [2.05, 4.69) is 42.9 Å². The van der Waals surface area contributed by atoms with E-state index in [1.54, 1.807) is 12.3 Å². The Morgan fingerprint density at radius 2 is 2.15 bits per heavy atom. The zero-order valence-corrected chi connectivity index (χ0v) is 13.0. The molecule has 1 N–H and O–H groups in total. The maximum absolute atomic E-state index is 14.7. The van der Waals surface area contributed by atoms with Crippen molar-refractivity contribution in [3.8, 4) is 0 Å². The Hall–Kier alpha value is -1.16. The number of nitrogens with one attached hydrogen (secondary N) is 1. The summed E-state index contributed by atoms with van der Waals surface area (Å²) in [7, 11) is 0. The summed E-state index contributed by atoms with van der Waals surface area (Å²) in [5.74, 6) is 0.957. The predicted molar refractivity (Wildman–Crippen MR) is 81.4 cm³/mol. The van der Waals surface area contributed by atoms with E-state index in [-0.39, 0.29) is 5.82 Å². The number of pyridine rings is 1. The molecule has 112 valence electrons. The lowest BCUT2D eigenvalue weighted by Gasteiger charge is -2.38. The van der Waals surface area contributed by atoms with Gasteiger partial charge in [0.25, 0.3) is 0 Å². The maximum Gasteiger partial charge on any atom is 0.170 e. The van der Waals surface area contributed by atoms with Gasteiger partial charge in [-0.25, -0.2) is 9.37 Å². The van der Waals surface area contributed by atoms with Crippen molar-refractivity contribution in [2.24, 2.45) is 5.92 Å². The van der Waals surface area contributed by atoms with Gasteiger partial charge >= 0.3 is 0 Å². The molecule has 3 nitrogen and oxygen atoms in total. The molecule has 2 rings (SSSR count). The largest absolute Gasteiger partial charge is 0.351 e. The van der Waals surface area contributed by atoms with E-state index >= 15 is 0 Å². The first-order valence-corrected chi connectivity index (χ1v) is 7.62. The molecule has 1 aliphatic rings. The average Bonchev–Trinajstić information content (AvgIpc) is 2.40. The van der Waals surface area contributed by atoms with Gasteiger partial charge in [-0.05, 0) is 31.7 Å². The second-order valence-corrected chi connectivity index (χ2v) is 6.33. The van der Waals surface area contributed by atoms with Crippen molar-refractivity contribution in [3.05, 3.63) is 23.6 Å². The average molecular weight is 279 g/mol. The Balaban J connectivity index is 2.20. The van der Waals surface area contributed by atoms with Crippen LogP contribution in [0.3, 0.4) is 0 Å². The summed E-state index contributed by atoms with van der Waals surface area (Å²) in [6, 6.07) is 2.48. The van der Waals surface area contributed by atoms with E-state index in [1.807, 2.05) is 0 Å². The molecule has 1 saturated heterocycles. The molecule has 1 aromatic heterocycles. The third-order valence-corrected chi connectivity index (χ3v) is 4.04. The summed E-state index contributed by atoms with van der Waals surface area (Å²) < 4.78 is 14.7. The van der Waals surface area contributed by atoms with E-state index < -0.39 is 0 Å². The summed E-state index contributed by atoms with van der Waals surface area (Å²) >= 11 is 0. The number of halogens is 1. The Bertz CT molecular complexity index is 447. The molecule has 0 radical (unpaired) electrons. The SMILES string of the molecule is CC1CCC(C)N(c2nccc(CNC(C)C)c2F)C1. The molecule has 0 bridgehead atoms. The summed E-state index contributed by atoms with van der Waals surface area (Å²) in [6.07, 6.45) is 4.05. The van der Waals surface area contributed by atoms with Gasteiger partial charge in [-0.1, -0.05) is 20.8 Å². The quantitative estimate of drug-likeness (QED) is 0.916. The first-order chi connectivity index (χ1) is 9.49. The highest BCUT2D eigenvalue weighted by molar-refractivity contribution is 5.44. The lowest BCUT2D eigenvalue weighted by atomic mass is 9.95. The fourth-order valence-corrected chi connectivity index (χ4v) is 2.71. The highest BCUT2D eigenvalue weighted by Gasteiger charge is 2.26. The fraction of sp³-hybridized carbons (Fsp3) is 0.688. The molecule has 0 aliphatic carbocycles. The van der Waals surface area contributed by atoms with Gasteiger partial charge in [-0.15, -0.1) is 0 Å². The Kier molecular flexibility index (Phi) is 4.97. The third kappa shape index (κ3) is 3.48. The van der Waals surface area contributed by atoms with Crippen molar-refractivity contribution < 1.29 is 4.39 Å². The van der Waals surface area contributed by atoms with Gasteiger partial charge in [0.2, 0.25) is 0 Å². The number of piperidine rings is 1. The third-order valence-electron chi connectivity index (χ3n) is 4.04. The van der Waals surface area contributed by atoms with Crippen LogP contribution in [0.2, 0.25) is 0 Å². The minimum absolute atomic E-state index is 0.165. The lowest BCUT2D eigenvalue weighted by Crippen LogP contribution is -2.42. The number of anilines is 1. The van der Waals surface area contributed by atoms with Crippen LogP contribution in [0.5, 0.6) is 0 Å². The van der Waals surface area contributed by atoms with Crippen LogP contribution in [0.1, 0.15) is 46.1 Å². The van der Waals surface area contributed by atoms with Crippen molar-refractivity contribution in [3.63, 3.8) is 0 Å². The standard InChI is InChI=1S/C16H26FN3/c1-11(2)19-9-14-7-8-18-16(15(14)17)20-10-12(3)5-6-13(20)4/h7-8,11-13,19H,5-6,9-10H2,1-4H3. The summed E-state index contributed by atoms with van der Waals surface area (Å²) in [4.78, 5) is 6.43. The number of hydrogen-bond acceptors (Lipinski definition) is 3. The van der Waals surface area contributed by atoms with Crippen LogP contribution >= 0.6 is 0 Å². The molecule has 20 heavy (non-hydrogen) atoms. The van der Waals surface area contributed by atoms with Gasteiger partial charge in [0.1, 0.15) is 0 Å². The van der Waals surface area contributed by atoms with Crippen molar-refractivity contribution >= 4 is 5.82 Å². The van der Waals surface area contributed by atoms with E-state index in [4.69, 9.17) is 0 Å². The topological polar surface area (TPSA) is 28.2 Å². The molecular weight excluding hydrogens is 253 g/mol. The Morgan fingerprint density at radius 3 is 2.85 bits per heavy atom. The van der Waals surface area contributed by atoms with Crippen LogP contribution in [-0.4, -0.2) is 23.6 Å². The van der Waals surface area contributed by atoms with Gasteiger partial charge in [0.15, 0.2) is 11.6 Å². The van der Waals surface area contributed by atoms with Crippen molar-refractivity contribution in [2.75, 3.05) is 11.4 Å². The molecule has 2 heterocycles. The van der Waals surface area contributed by atoms with Gasteiger partial charge < -0.3 is 10.2 Å². The van der Waals surface area contributed by atoms with Crippen LogP contribution < -0.4 is 10.2 Å². The van der Waals surface area contributed by atoms with Gasteiger partial charge in [0.05, 0.1) is 0 Å². The zero-order valence-electron chi connectivity index (χ0n) is 13.0. The van der Waals surface area contributed by atoms with Gasteiger partial charge in [-0.2, -0.15) is 0 Å². The summed E-state index contributed by atoms with van der Waals surface area (Å²) in [6.45, 7) is 9.96. The second-order valence-electron chi connectivity index (χ2n) is 6.33. The molecule has 0 aromatic carbocycles. The van der Waals surface area contributed by atoms with Crippen molar-refractivity contribution in [1.29, 1.82) is 0 Å². The minimum atomic E-state index is -0.165. The van der Waals surface area contributed by atoms with Gasteiger partial charge in [0, 0.05) is 36.9 Å². The van der Waals surface area contributed by atoms with Crippen molar-refractivity contribution in [2.45, 2.75) is 59.2 Å². The second kappa shape index (κ2) is 6.53. The lowest BCUT2D eigenvalue weighted by molar-refractivity contribution is 0.383. The Labute approximate surface area is 121 Å². The number of rotatable bonds is 4. The molecule has 1 fully saturated rings. The number of aromatic nitrogens is 1.